The number of aryl methyl sites for hydroxylation is 1. The minimum absolute atomic E-state index is 0.106. The lowest BCUT2D eigenvalue weighted by atomic mass is 9.99. The maximum Gasteiger partial charge on any atom is 0.236 e. The van der Waals surface area contributed by atoms with Gasteiger partial charge in [-0.1, -0.05) is 37.3 Å². The number of hydrogen-bond acceptors (Lipinski definition) is 2. The Labute approximate surface area is 110 Å². The number of halogens is 1. The van der Waals surface area contributed by atoms with E-state index in [1.165, 1.54) is 24.5 Å². The van der Waals surface area contributed by atoms with E-state index in [-0.39, 0.29) is 11.1 Å². The molecule has 0 aromatic heterocycles. The predicted molar refractivity (Wildman–Crippen MR) is 70.4 cm³/mol. The smallest absolute Gasteiger partial charge is 0.236 e. The van der Waals surface area contributed by atoms with E-state index < -0.39 is 11.6 Å². The van der Waals surface area contributed by atoms with Crippen molar-refractivity contribution < 1.29 is 14.0 Å². The molecular weight excluding hydrogens is 243 g/mol. The van der Waals surface area contributed by atoms with Crippen molar-refractivity contribution >= 4 is 12.1 Å². The number of carbonyl (C=O) groups is 1. The molecule has 2 rings (SSSR count). The average Bonchev–Trinajstić information content (AvgIpc) is 2.47. The molecule has 0 fully saturated rings. The number of ketones is 1. The van der Waals surface area contributed by atoms with Crippen molar-refractivity contribution in [3.05, 3.63) is 70.5 Å². The zero-order valence-electron chi connectivity index (χ0n) is 10.4. The Hall–Kier alpha value is -2.29. The molecular formula is C16H12FO2. The zero-order chi connectivity index (χ0) is 13.8. The van der Waals surface area contributed by atoms with Gasteiger partial charge in [-0.3, -0.25) is 9.59 Å². The molecule has 0 unspecified atom stereocenters. The predicted octanol–water partition coefficient (Wildman–Crippen LogP) is 3.08. The van der Waals surface area contributed by atoms with Crippen molar-refractivity contribution in [3.63, 3.8) is 0 Å². The van der Waals surface area contributed by atoms with Crippen molar-refractivity contribution in [2.24, 2.45) is 0 Å². The van der Waals surface area contributed by atoms with Gasteiger partial charge in [0.1, 0.15) is 5.82 Å². The Balaban J connectivity index is 2.41. The van der Waals surface area contributed by atoms with Crippen molar-refractivity contribution in [1.82, 2.24) is 0 Å². The first-order valence-corrected chi connectivity index (χ1v) is 5.97. The van der Waals surface area contributed by atoms with Crippen molar-refractivity contribution in [2.45, 2.75) is 13.3 Å². The molecule has 0 aliphatic heterocycles. The Morgan fingerprint density at radius 1 is 1.16 bits per heavy atom. The molecule has 0 atom stereocenters. The van der Waals surface area contributed by atoms with E-state index in [4.69, 9.17) is 0 Å². The molecule has 95 valence electrons. The topological polar surface area (TPSA) is 34.1 Å². The number of hydrogen-bond donors (Lipinski definition) is 0. The summed E-state index contributed by atoms with van der Waals surface area (Å²) in [5.41, 5.74) is 1.17. The van der Waals surface area contributed by atoms with Gasteiger partial charge in [-0.15, -0.1) is 0 Å². The summed E-state index contributed by atoms with van der Waals surface area (Å²) >= 11 is 0. The molecule has 2 nitrogen and oxygen atoms in total. The molecule has 0 saturated heterocycles. The quantitative estimate of drug-likeness (QED) is 0.787. The highest BCUT2D eigenvalue weighted by Gasteiger charge is 2.16. The van der Waals surface area contributed by atoms with Gasteiger partial charge in [0.15, 0.2) is 5.78 Å². The van der Waals surface area contributed by atoms with Crippen molar-refractivity contribution in [2.75, 3.05) is 0 Å². The number of benzene rings is 2. The standard InChI is InChI=1S/C16H12FO2/c1-2-11-6-8-12(9-7-11)16(19)14-5-3-4-13(10-18)15(14)17/h3-9H,2H2,1H3. The molecule has 3 heteroatoms. The molecule has 0 bridgehead atoms. The van der Waals surface area contributed by atoms with Crippen LogP contribution in [0.25, 0.3) is 0 Å². The van der Waals surface area contributed by atoms with Crippen molar-refractivity contribution in [3.8, 4) is 0 Å². The highest BCUT2D eigenvalue weighted by Crippen LogP contribution is 2.16. The van der Waals surface area contributed by atoms with Gasteiger partial charge in [-0.2, -0.15) is 0 Å². The summed E-state index contributed by atoms with van der Waals surface area (Å²) in [5.74, 6) is -1.25. The summed E-state index contributed by atoms with van der Waals surface area (Å²) in [7, 11) is 0. The fourth-order valence-corrected chi connectivity index (χ4v) is 1.83. The third kappa shape index (κ3) is 2.60. The van der Waals surface area contributed by atoms with Gasteiger partial charge in [0.2, 0.25) is 6.29 Å². The summed E-state index contributed by atoms with van der Waals surface area (Å²) in [4.78, 5) is 22.7. The third-order valence-corrected chi connectivity index (χ3v) is 2.98. The minimum atomic E-state index is -0.818. The van der Waals surface area contributed by atoms with E-state index in [1.54, 1.807) is 12.1 Å². The fraction of sp³-hybridized carbons (Fsp3) is 0.125. The van der Waals surface area contributed by atoms with E-state index in [0.717, 1.165) is 12.0 Å². The first-order chi connectivity index (χ1) is 9.17. The third-order valence-electron chi connectivity index (χ3n) is 2.98. The van der Waals surface area contributed by atoms with Gasteiger partial charge in [0.05, 0.1) is 11.1 Å². The molecule has 0 heterocycles. The number of rotatable bonds is 4. The van der Waals surface area contributed by atoms with Gasteiger partial charge >= 0.3 is 0 Å². The lowest BCUT2D eigenvalue weighted by Gasteiger charge is -2.05. The molecule has 0 aliphatic carbocycles. The van der Waals surface area contributed by atoms with Crippen LogP contribution in [0.1, 0.15) is 34.0 Å². The fourth-order valence-electron chi connectivity index (χ4n) is 1.83. The summed E-state index contributed by atoms with van der Waals surface area (Å²) in [6, 6.07) is 11.1. The molecule has 0 spiro atoms. The van der Waals surface area contributed by atoms with Crippen LogP contribution in [0.5, 0.6) is 0 Å². The highest BCUT2D eigenvalue weighted by molar-refractivity contribution is 6.09. The molecule has 0 amide bonds. The van der Waals surface area contributed by atoms with E-state index >= 15 is 0 Å². The zero-order valence-corrected chi connectivity index (χ0v) is 10.4. The second kappa shape index (κ2) is 5.57. The Bertz CT molecular complexity index is 615. The van der Waals surface area contributed by atoms with Crippen molar-refractivity contribution in [1.29, 1.82) is 0 Å². The SMILES string of the molecule is CCc1ccc(C(=O)c2cccc([C]=O)c2F)cc1. The van der Waals surface area contributed by atoms with Gasteiger partial charge in [0.25, 0.3) is 0 Å². The first-order valence-electron chi connectivity index (χ1n) is 5.97. The van der Waals surface area contributed by atoms with Crippen LogP contribution in [0.4, 0.5) is 4.39 Å². The summed E-state index contributed by atoms with van der Waals surface area (Å²) in [5, 5.41) is 0. The Morgan fingerprint density at radius 3 is 2.42 bits per heavy atom. The largest absolute Gasteiger partial charge is 0.288 e. The number of carbonyl (C=O) groups excluding carboxylic acids is 2. The van der Waals surface area contributed by atoms with Gasteiger partial charge in [0, 0.05) is 5.56 Å². The molecule has 19 heavy (non-hydrogen) atoms. The van der Waals surface area contributed by atoms with Crippen LogP contribution in [0.2, 0.25) is 0 Å². The molecule has 2 aromatic carbocycles. The van der Waals surface area contributed by atoms with Crippen LogP contribution in [0, 0.1) is 5.82 Å². The van der Waals surface area contributed by atoms with E-state index in [1.807, 2.05) is 19.1 Å². The van der Waals surface area contributed by atoms with Crippen LogP contribution >= 0.6 is 0 Å². The summed E-state index contributed by atoms with van der Waals surface area (Å²) in [6.07, 6.45) is 2.36. The maximum absolute atomic E-state index is 13.9. The molecule has 0 saturated carbocycles. The van der Waals surface area contributed by atoms with Crippen LogP contribution in [-0.2, 0) is 11.2 Å². The second-order valence-corrected chi connectivity index (χ2v) is 4.15. The lowest BCUT2D eigenvalue weighted by molar-refractivity contribution is 0.103. The molecule has 1 radical (unpaired) electrons. The minimum Gasteiger partial charge on any atom is -0.288 e. The summed E-state index contributed by atoms with van der Waals surface area (Å²) < 4.78 is 13.9. The van der Waals surface area contributed by atoms with Crippen LogP contribution < -0.4 is 0 Å². The van der Waals surface area contributed by atoms with Crippen LogP contribution in [-0.4, -0.2) is 12.1 Å². The second-order valence-electron chi connectivity index (χ2n) is 4.15. The molecule has 0 N–H and O–H groups in total. The van der Waals surface area contributed by atoms with E-state index in [9.17, 15) is 14.0 Å². The van der Waals surface area contributed by atoms with Gasteiger partial charge < -0.3 is 0 Å². The molecule has 2 aromatic rings. The average molecular weight is 255 g/mol. The van der Waals surface area contributed by atoms with E-state index in [2.05, 4.69) is 0 Å². The Kier molecular flexibility index (Phi) is 3.85. The van der Waals surface area contributed by atoms with Crippen LogP contribution in [0.15, 0.2) is 42.5 Å². The highest BCUT2D eigenvalue weighted by atomic mass is 19.1. The van der Waals surface area contributed by atoms with Crippen LogP contribution in [0.3, 0.4) is 0 Å². The van der Waals surface area contributed by atoms with Gasteiger partial charge in [-0.05, 0) is 24.1 Å². The monoisotopic (exact) mass is 255 g/mol. The molecule has 0 aliphatic rings. The maximum atomic E-state index is 13.9. The van der Waals surface area contributed by atoms with E-state index in [0.29, 0.717) is 5.56 Å². The summed E-state index contributed by atoms with van der Waals surface area (Å²) in [6.45, 7) is 2.01. The lowest BCUT2D eigenvalue weighted by Crippen LogP contribution is -2.06. The first kappa shape index (κ1) is 13.1. The normalized spacial score (nSPS) is 10.2. The van der Waals surface area contributed by atoms with Gasteiger partial charge in [-0.25, -0.2) is 4.39 Å². The Morgan fingerprint density at radius 2 is 1.84 bits per heavy atom.